The van der Waals surface area contributed by atoms with Crippen molar-refractivity contribution in [2.24, 2.45) is 0 Å². The van der Waals surface area contributed by atoms with Gasteiger partial charge in [-0.2, -0.15) is 13.2 Å². The molecule has 2 N–H and O–H groups in total. The standard InChI is InChI=1S/C13H18F3NO/c1-9(2)10-3-5-11(6-4-10)12(18)7-17-8-13(14,15)16/h3-6,9,12,17-18H,7-8H2,1-2H3. The van der Waals surface area contributed by atoms with Gasteiger partial charge < -0.3 is 10.4 Å². The van der Waals surface area contributed by atoms with Gasteiger partial charge in [0.1, 0.15) is 0 Å². The number of aliphatic hydroxyl groups excluding tert-OH is 1. The summed E-state index contributed by atoms with van der Waals surface area (Å²) in [6, 6.07) is 7.25. The van der Waals surface area contributed by atoms with Crippen LogP contribution in [0.5, 0.6) is 0 Å². The van der Waals surface area contributed by atoms with Gasteiger partial charge in [-0.05, 0) is 17.0 Å². The molecule has 0 saturated heterocycles. The predicted molar refractivity (Wildman–Crippen MR) is 64.4 cm³/mol. The van der Waals surface area contributed by atoms with E-state index < -0.39 is 18.8 Å². The molecule has 1 aromatic carbocycles. The molecule has 0 heterocycles. The molecule has 0 aliphatic rings. The van der Waals surface area contributed by atoms with Crippen molar-refractivity contribution in [3.05, 3.63) is 35.4 Å². The summed E-state index contributed by atoms with van der Waals surface area (Å²) in [4.78, 5) is 0. The predicted octanol–water partition coefficient (Wildman–Crippen LogP) is 3.00. The van der Waals surface area contributed by atoms with Gasteiger partial charge in [-0.25, -0.2) is 0 Å². The molecule has 0 bridgehead atoms. The van der Waals surface area contributed by atoms with Crippen molar-refractivity contribution in [1.82, 2.24) is 5.32 Å². The van der Waals surface area contributed by atoms with Crippen LogP contribution in [0.2, 0.25) is 0 Å². The highest BCUT2D eigenvalue weighted by molar-refractivity contribution is 5.26. The van der Waals surface area contributed by atoms with Crippen molar-refractivity contribution in [2.45, 2.75) is 32.0 Å². The zero-order valence-corrected chi connectivity index (χ0v) is 10.5. The first kappa shape index (κ1) is 15.0. The summed E-state index contributed by atoms with van der Waals surface area (Å²) in [5.41, 5.74) is 1.75. The third-order valence-corrected chi connectivity index (χ3v) is 2.65. The second kappa shape index (κ2) is 6.20. The molecule has 5 heteroatoms. The zero-order valence-electron chi connectivity index (χ0n) is 10.5. The fourth-order valence-electron chi connectivity index (χ4n) is 1.57. The molecule has 0 fully saturated rings. The maximum Gasteiger partial charge on any atom is 0.401 e. The number of alkyl halides is 3. The fraction of sp³-hybridized carbons (Fsp3) is 0.538. The van der Waals surface area contributed by atoms with Crippen molar-refractivity contribution in [3.63, 3.8) is 0 Å². The molecule has 1 unspecified atom stereocenters. The van der Waals surface area contributed by atoms with E-state index >= 15 is 0 Å². The molecule has 0 aromatic heterocycles. The van der Waals surface area contributed by atoms with E-state index in [0.29, 0.717) is 11.5 Å². The first-order valence-corrected chi connectivity index (χ1v) is 5.85. The molecule has 0 saturated carbocycles. The van der Waals surface area contributed by atoms with Gasteiger partial charge in [-0.15, -0.1) is 0 Å². The number of aliphatic hydroxyl groups is 1. The minimum absolute atomic E-state index is 0.111. The Labute approximate surface area is 105 Å². The zero-order chi connectivity index (χ0) is 13.8. The molecule has 1 rings (SSSR count). The Hall–Kier alpha value is -1.07. The van der Waals surface area contributed by atoms with Gasteiger partial charge >= 0.3 is 6.18 Å². The Morgan fingerprint density at radius 1 is 1.11 bits per heavy atom. The maximum atomic E-state index is 11.9. The van der Waals surface area contributed by atoms with Crippen LogP contribution >= 0.6 is 0 Å². The highest BCUT2D eigenvalue weighted by Gasteiger charge is 2.26. The van der Waals surface area contributed by atoms with Crippen LogP contribution in [0.4, 0.5) is 13.2 Å². The van der Waals surface area contributed by atoms with E-state index in [0.717, 1.165) is 5.56 Å². The molecule has 2 nitrogen and oxygen atoms in total. The molecule has 0 aliphatic carbocycles. The Kier molecular flexibility index (Phi) is 5.16. The summed E-state index contributed by atoms with van der Waals surface area (Å²) < 4.78 is 35.7. The molecule has 1 atom stereocenters. The minimum atomic E-state index is -4.25. The SMILES string of the molecule is CC(C)c1ccc(C(O)CNCC(F)(F)F)cc1. The largest absolute Gasteiger partial charge is 0.401 e. The lowest BCUT2D eigenvalue weighted by molar-refractivity contribution is -0.125. The first-order chi connectivity index (χ1) is 8.29. The lowest BCUT2D eigenvalue weighted by Crippen LogP contribution is -2.31. The van der Waals surface area contributed by atoms with E-state index in [1.165, 1.54) is 0 Å². The van der Waals surface area contributed by atoms with Gasteiger partial charge in [-0.3, -0.25) is 0 Å². The van der Waals surface area contributed by atoms with Crippen LogP contribution in [-0.2, 0) is 0 Å². The molecule has 1 aromatic rings. The van der Waals surface area contributed by atoms with Crippen molar-refractivity contribution < 1.29 is 18.3 Å². The topological polar surface area (TPSA) is 32.3 Å². The number of rotatable bonds is 5. The van der Waals surface area contributed by atoms with Gasteiger partial charge in [0.2, 0.25) is 0 Å². The van der Waals surface area contributed by atoms with Crippen molar-refractivity contribution >= 4 is 0 Å². The Morgan fingerprint density at radius 3 is 2.06 bits per heavy atom. The first-order valence-electron chi connectivity index (χ1n) is 5.85. The van der Waals surface area contributed by atoms with Gasteiger partial charge in [0.05, 0.1) is 12.6 Å². The minimum Gasteiger partial charge on any atom is -0.387 e. The third-order valence-electron chi connectivity index (χ3n) is 2.65. The van der Waals surface area contributed by atoms with E-state index in [-0.39, 0.29) is 6.54 Å². The van der Waals surface area contributed by atoms with Crippen molar-refractivity contribution in [2.75, 3.05) is 13.1 Å². The van der Waals surface area contributed by atoms with E-state index in [1.54, 1.807) is 12.1 Å². The van der Waals surface area contributed by atoms with Crippen LogP contribution in [-0.4, -0.2) is 24.4 Å². The van der Waals surface area contributed by atoms with Gasteiger partial charge in [-0.1, -0.05) is 38.1 Å². The fourth-order valence-corrected chi connectivity index (χ4v) is 1.57. The van der Waals surface area contributed by atoms with Crippen LogP contribution < -0.4 is 5.32 Å². The second-order valence-electron chi connectivity index (χ2n) is 4.58. The van der Waals surface area contributed by atoms with E-state index in [4.69, 9.17) is 0 Å². The summed E-state index contributed by atoms with van der Waals surface area (Å²) in [5, 5.41) is 11.9. The number of hydrogen-bond acceptors (Lipinski definition) is 2. The molecule has 0 amide bonds. The van der Waals surface area contributed by atoms with Gasteiger partial charge in [0, 0.05) is 6.54 Å². The smallest absolute Gasteiger partial charge is 0.387 e. The molecule has 102 valence electrons. The monoisotopic (exact) mass is 261 g/mol. The average Bonchev–Trinajstić information content (AvgIpc) is 2.27. The average molecular weight is 261 g/mol. The highest BCUT2D eigenvalue weighted by atomic mass is 19.4. The Balaban J connectivity index is 2.49. The Bertz CT molecular complexity index is 359. The van der Waals surface area contributed by atoms with Crippen LogP contribution in [0.25, 0.3) is 0 Å². The van der Waals surface area contributed by atoms with Crippen molar-refractivity contribution in [1.29, 1.82) is 0 Å². The number of halogens is 3. The van der Waals surface area contributed by atoms with E-state index in [2.05, 4.69) is 19.2 Å². The number of benzene rings is 1. The molecule has 0 spiro atoms. The van der Waals surface area contributed by atoms with Crippen LogP contribution in [0.1, 0.15) is 37.0 Å². The number of nitrogens with one attached hydrogen (secondary N) is 1. The maximum absolute atomic E-state index is 11.9. The molecular formula is C13H18F3NO. The van der Waals surface area contributed by atoms with Crippen molar-refractivity contribution in [3.8, 4) is 0 Å². The summed E-state index contributed by atoms with van der Waals surface area (Å²) in [7, 11) is 0. The quantitative estimate of drug-likeness (QED) is 0.854. The van der Waals surface area contributed by atoms with Crippen LogP contribution in [0.15, 0.2) is 24.3 Å². The summed E-state index contributed by atoms with van der Waals surface area (Å²) in [6.45, 7) is 2.90. The lowest BCUT2D eigenvalue weighted by atomic mass is 10.00. The summed E-state index contributed by atoms with van der Waals surface area (Å²) >= 11 is 0. The number of hydrogen-bond donors (Lipinski definition) is 2. The van der Waals surface area contributed by atoms with Gasteiger partial charge in [0.15, 0.2) is 0 Å². The lowest BCUT2D eigenvalue weighted by Gasteiger charge is -2.14. The normalized spacial score (nSPS) is 13.9. The van der Waals surface area contributed by atoms with E-state index in [9.17, 15) is 18.3 Å². The molecular weight excluding hydrogens is 243 g/mol. The second-order valence-corrected chi connectivity index (χ2v) is 4.58. The van der Waals surface area contributed by atoms with Crippen LogP contribution in [0.3, 0.4) is 0 Å². The molecule has 18 heavy (non-hydrogen) atoms. The summed E-state index contributed by atoms with van der Waals surface area (Å²) in [5.74, 6) is 0.388. The highest BCUT2D eigenvalue weighted by Crippen LogP contribution is 2.19. The van der Waals surface area contributed by atoms with E-state index in [1.807, 2.05) is 12.1 Å². The molecule has 0 aliphatic heterocycles. The van der Waals surface area contributed by atoms with Gasteiger partial charge in [0.25, 0.3) is 0 Å². The van der Waals surface area contributed by atoms with Crippen LogP contribution in [0, 0.1) is 0 Å². The molecule has 0 radical (unpaired) electrons. The summed E-state index contributed by atoms with van der Waals surface area (Å²) in [6.07, 6.45) is -5.17. The Morgan fingerprint density at radius 2 is 1.61 bits per heavy atom. The third kappa shape index (κ3) is 5.06.